The third-order valence-electron chi connectivity index (χ3n) is 3.77. The number of methoxy groups -OCH3 is 1. The number of esters is 1. The van der Waals surface area contributed by atoms with E-state index in [2.05, 4.69) is 11.8 Å². The van der Waals surface area contributed by atoms with E-state index < -0.39 is 5.97 Å². The minimum atomic E-state index is -0.461. The van der Waals surface area contributed by atoms with E-state index in [1.165, 1.54) is 13.4 Å². The lowest BCUT2D eigenvalue weighted by atomic mass is 10.1. The first kappa shape index (κ1) is 17.3. The maximum atomic E-state index is 12.4. The number of ether oxygens (including phenoxy) is 2. The Kier molecular flexibility index (Phi) is 5.04. The van der Waals surface area contributed by atoms with Crippen LogP contribution in [0, 0.1) is 18.8 Å². The molecule has 0 N–H and O–H groups in total. The van der Waals surface area contributed by atoms with Crippen LogP contribution in [0.15, 0.2) is 57.9 Å². The third kappa shape index (κ3) is 3.76. The molecular weight excluding hydrogens is 332 g/mol. The molecule has 0 saturated heterocycles. The fourth-order valence-electron chi connectivity index (χ4n) is 2.33. The SMILES string of the molecule is COc1ccc2c(=O)c(C#CCOC(=O)c3ccc(C)cc3)coc2c1. The molecule has 0 amide bonds. The van der Waals surface area contributed by atoms with Crippen LogP contribution in [0.4, 0.5) is 0 Å². The van der Waals surface area contributed by atoms with Crippen molar-refractivity contribution in [2.24, 2.45) is 0 Å². The van der Waals surface area contributed by atoms with Gasteiger partial charge in [-0.1, -0.05) is 29.5 Å². The zero-order valence-electron chi connectivity index (χ0n) is 14.4. The molecular formula is C21H16O5. The minimum absolute atomic E-state index is 0.118. The Morgan fingerprint density at radius 3 is 2.65 bits per heavy atom. The van der Waals surface area contributed by atoms with Gasteiger partial charge in [0.15, 0.2) is 6.61 Å². The largest absolute Gasteiger partial charge is 0.497 e. The molecule has 0 aliphatic rings. The maximum Gasteiger partial charge on any atom is 0.339 e. The Morgan fingerprint density at radius 2 is 1.92 bits per heavy atom. The van der Waals surface area contributed by atoms with Gasteiger partial charge in [-0.3, -0.25) is 4.79 Å². The Morgan fingerprint density at radius 1 is 1.15 bits per heavy atom. The molecule has 3 aromatic rings. The molecule has 0 bridgehead atoms. The van der Waals surface area contributed by atoms with Crippen molar-refractivity contribution in [3.8, 4) is 17.6 Å². The number of aryl methyl sites for hydroxylation is 1. The number of carbonyl (C=O) groups excluding carboxylic acids is 1. The molecule has 26 heavy (non-hydrogen) atoms. The van der Waals surface area contributed by atoms with Crippen molar-refractivity contribution in [3.05, 3.63) is 75.6 Å². The fraction of sp³-hybridized carbons (Fsp3) is 0.143. The predicted molar refractivity (Wildman–Crippen MR) is 97.4 cm³/mol. The van der Waals surface area contributed by atoms with E-state index in [1.54, 1.807) is 30.3 Å². The number of hydrogen-bond donors (Lipinski definition) is 0. The van der Waals surface area contributed by atoms with Crippen LogP contribution in [0.5, 0.6) is 5.75 Å². The molecule has 1 heterocycles. The molecule has 0 spiro atoms. The van der Waals surface area contributed by atoms with Crippen LogP contribution < -0.4 is 10.2 Å². The summed E-state index contributed by atoms with van der Waals surface area (Å²) in [6, 6.07) is 12.0. The second-order valence-corrected chi connectivity index (χ2v) is 5.58. The maximum absolute atomic E-state index is 12.4. The molecule has 130 valence electrons. The minimum Gasteiger partial charge on any atom is -0.497 e. The van der Waals surface area contributed by atoms with Crippen LogP contribution in [0.3, 0.4) is 0 Å². The molecule has 0 radical (unpaired) electrons. The number of fused-ring (bicyclic) bond motifs is 1. The quantitative estimate of drug-likeness (QED) is 0.537. The molecule has 0 aliphatic carbocycles. The van der Waals surface area contributed by atoms with Gasteiger partial charge in [-0.15, -0.1) is 0 Å². The highest BCUT2D eigenvalue weighted by Crippen LogP contribution is 2.18. The van der Waals surface area contributed by atoms with E-state index in [4.69, 9.17) is 13.9 Å². The van der Waals surface area contributed by atoms with Crippen LogP contribution in [0.1, 0.15) is 21.5 Å². The smallest absolute Gasteiger partial charge is 0.339 e. The van der Waals surface area contributed by atoms with Gasteiger partial charge in [0.1, 0.15) is 23.2 Å². The molecule has 2 aromatic carbocycles. The first-order valence-electron chi connectivity index (χ1n) is 7.90. The monoisotopic (exact) mass is 348 g/mol. The lowest BCUT2D eigenvalue weighted by Gasteiger charge is -2.02. The number of benzene rings is 2. The van der Waals surface area contributed by atoms with Crippen molar-refractivity contribution in [2.75, 3.05) is 13.7 Å². The summed E-state index contributed by atoms with van der Waals surface area (Å²) in [6.45, 7) is 1.82. The van der Waals surface area contributed by atoms with Crippen molar-refractivity contribution in [1.29, 1.82) is 0 Å². The zero-order valence-corrected chi connectivity index (χ0v) is 14.4. The highest BCUT2D eigenvalue weighted by molar-refractivity contribution is 5.89. The van der Waals surface area contributed by atoms with Gasteiger partial charge >= 0.3 is 5.97 Å². The summed E-state index contributed by atoms with van der Waals surface area (Å²) in [5.74, 6) is 5.49. The molecule has 1 aromatic heterocycles. The summed E-state index contributed by atoms with van der Waals surface area (Å²) in [5, 5.41) is 0.411. The van der Waals surface area contributed by atoms with Crippen LogP contribution in [0.2, 0.25) is 0 Å². The van der Waals surface area contributed by atoms with E-state index >= 15 is 0 Å². The van der Waals surface area contributed by atoms with Crippen molar-refractivity contribution < 1.29 is 18.7 Å². The summed E-state index contributed by atoms with van der Waals surface area (Å²) in [7, 11) is 1.54. The summed E-state index contributed by atoms with van der Waals surface area (Å²) in [4.78, 5) is 24.3. The van der Waals surface area contributed by atoms with E-state index in [1.807, 2.05) is 19.1 Å². The highest BCUT2D eigenvalue weighted by Gasteiger charge is 2.07. The average molecular weight is 348 g/mol. The zero-order chi connectivity index (χ0) is 18.5. The van der Waals surface area contributed by atoms with Crippen molar-refractivity contribution >= 4 is 16.9 Å². The summed E-state index contributed by atoms with van der Waals surface area (Å²) >= 11 is 0. The molecule has 0 fully saturated rings. The van der Waals surface area contributed by atoms with Crippen LogP contribution >= 0.6 is 0 Å². The lowest BCUT2D eigenvalue weighted by molar-refractivity contribution is 0.0556. The van der Waals surface area contributed by atoms with E-state index in [0.29, 0.717) is 22.3 Å². The molecule has 0 unspecified atom stereocenters. The Hall–Kier alpha value is -3.52. The first-order valence-corrected chi connectivity index (χ1v) is 7.90. The molecule has 0 saturated carbocycles. The number of carbonyl (C=O) groups is 1. The van der Waals surface area contributed by atoms with Crippen LogP contribution in [-0.2, 0) is 4.74 Å². The summed E-state index contributed by atoms with van der Waals surface area (Å²) < 4.78 is 15.6. The normalized spacial score (nSPS) is 10.1. The van der Waals surface area contributed by atoms with E-state index in [9.17, 15) is 9.59 Å². The fourth-order valence-corrected chi connectivity index (χ4v) is 2.33. The summed E-state index contributed by atoms with van der Waals surface area (Å²) in [6.07, 6.45) is 1.29. The topological polar surface area (TPSA) is 65.7 Å². The lowest BCUT2D eigenvalue weighted by Crippen LogP contribution is -2.07. The van der Waals surface area contributed by atoms with E-state index in [0.717, 1.165) is 5.56 Å². The number of rotatable bonds is 3. The Bertz CT molecular complexity index is 1070. The molecule has 3 rings (SSSR count). The first-order chi connectivity index (χ1) is 12.6. The highest BCUT2D eigenvalue weighted by atomic mass is 16.5. The number of hydrogen-bond acceptors (Lipinski definition) is 5. The molecule has 0 aliphatic heterocycles. The van der Waals surface area contributed by atoms with Gasteiger partial charge in [-0.25, -0.2) is 4.79 Å². The van der Waals surface area contributed by atoms with Crippen molar-refractivity contribution in [2.45, 2.75) is 6.92 Å². The molecule has 5 nitrogen and oxygen atoms in total. The van der Waals surface area contributed by atoms with Gasteiger partial charge in [0.2, 0.25) is 5.43 Å². The van der Waals surface area contributed by atoms with Gasteiger partial charge in [0.25, 0.3) is 0 Å². The predicted octanol–water partition coefficient (Wildman–Crippen LogP) is 3.32. The van der Waals surface area contributed by atoms with Crippen molar-refractivity contribution in [1.82, 2.24) is 0 Å². The van der Waals surface area contributed by atoms with E-state index in [-0.39, 0.29) is 17.6 Å². The second-order valence-electron chi connectivity index (χ2n) is 5.58. The standard InChI is InChI=1S/C21H16O5/c1-14-5-7-15(8-6-14)21(23)25-11-3-4-16-13-26-19-12-17(24-2)9-10-18(19)20(16)22/h5-10,12-13H,11H2,1-2H3. The third-order valence-corrected chi connectivity index (χ3v) is 3.77. The van der Waals surface area contributed by atoms with Gasteiger partial charge in [-0.05, 0) is 31.2 Å². The van der Waals surface area contributed by atoms with Gasteiger partial charge in [0.05, 0.1) is 18.1 Å². The van der Waals surface area contributed by atoms with Crippen LogP contribution in [0.25, 0.3) is 11.0 Å². The van der Waals surface area contributed by atoms with Gasteiger partial charge in [-0.2, -0.15) is 0 Å². The molecule has 5 heteroatoms. The Balaban J connectivity index is 1.72. The van der Waals surface area contributed by atoms with Crippen molar-refractivity contribution in [3.63, 3.8) is 0 Å². The van der Waals surface area contributed by atoms with Crippen LogP contribution in [-0.4, -0.2) is 19.7 Å². The average Bonchev–Trinajstić information content (AvgIpc) is 2.66. The molecule has 0 atom stereocenters. The Labute approximate surface area is 150 Å². The second kappa shape index (κ2) is 7.58. The summed E-state index contributed by atoms with van der Waals surface area (Å²) in [5.41, 5.74) is 1.89. The van der Waals surface area contributed by atoms with Gasteiger partial charge in [0, 0.05) is 6.07 Å². The van der Waals surface area contributed by atoms with Gasteiger partial charge < -0.3 is 13.9 Å².